The number of nitrogens with one attached hydrogen (secondary N) is 1. The number of carbonyl (C=O) groups is 1. The molecule has 98 valence electrons. The molecule has 1 aromatic rings. The van der Waals surface area contributed by atoms with Crippen molar-refractivity contribution >= 4 is 5.91 Å². The molecule has 0 saturated heterocycles. The van der Waals surface area contributed by atoms with Gasteiger partial charge in [0.1, 0.15) is 5.75 Å². The van der Waals surface area contributed by atoms with Gasteiger partial charge in [0.05, 0.1) is 6.61 Å². The number of carbonyl (C=O) groups excluding carboxylic acids is 1. The van der Waals surface area contributed by atoms with E-state index >= 15 is 0 Å². The molecule has 1 amide bonds. The van der Waals surface area contributed by atoms with Crippen LogP contribution in [0, 0.1) is 5.92 Å². The highest BCUT2D eigenvalue weighted by atomic mass is 16.5. The highest BCUT2D eigenvalue weighted by Crippen LogP contribution is 2.13. The van der Waals surface area contributed by atoms with E-state index in [2.05, 4.69) is 25.7 Å². The molecule has 3 heteroatoms. The fourth-order valence-corrected chi connectivity index (χ4v) is 1.30. The molecular weight excluding hydrogens is 226 g/mol. The van der Waals surface area contributed by atoms with Crippen molar-refractivity contribution < 1.29 is 9.53 Å². The fourth-order valence-electron chi connectivity index (χ4n) is 1.30. The molecule has 1 aromatic carbocycles. The van der Waals surface area contributed by atoms with Gasteiger partial charge in [0, 0.05) is 12.1 Å². The lowest BCUT2D eigenvalue weighted by molar-refractivity contribution is 0.0957. The SMILES string of the molecule is C=C(C)CNC(=O)c1ccc(OCC(C)C)cc1. The maximum atomic E-state index is 11.7. The van der Waals surface area contributed by atoms with Crippen molar-refractivity contribution in [3.8, 4) is 5.75 Å². The van der Waals surface area contributed by atoms with E-state index in [0.29, 0.717) is 24.6 Å². The Morgan fingerprint density at radius 3 is 2.44 bits per heavy atom. The zero-order valence-electron chi connectivity index (χ0n) is 11.3. The van der Waals surface area contributed by atoms with Crippen LogP contribution >= 0.6 is 0 Å². The second-order valence-electron chi connectivity index (χ2n) is 4.87. The van der Waals surface area contributed by atoms with Crippen LogP contribution in [-0.4, -0.2) is 19.1 Å². The molecule has 0 aliphatic rings. The summed E-state index contributed by atoms with van der Waals surface area (Å²) < 4.78 is 5.55. The van der Waals surface area contributed by atoms with Crippen molar-refractivity contribution in [2.24, 2.45) is 5.92 Å². The summed E-state index contributed by atoms with van der Waals surface area (Å²) in [5.41, 5.74) is 1.56. The van der Waals surface area contributed by atoms with Gasteiger partial charge in [-0.1, -0.05) is 26.0 Å². The molecule has 0 aliphatic heterocycles. The molecule has 3 nitrogen and oxygen atoms in total. The normalized spacial score (nSPS) is 10.2. The molecule has 1 N–H and O–H groups in total. The largest absolute Gasteiger partial charge is 0.493 e. The van der Waals surface area contributed by atoms with Gasteiger partial charge in [0.25, 0.3) is 5.91 Å². The van der Waals surface area contributed by atoms with Crippen LogP contribution in [0.2, 0.25) is 0 Å². The zero-order valence-corrected chi connectivity index (χ0v) is 11.3. The molecule has 0 aliphatic carbocycles. The zero-order chi connectivity index (χ0) is 13.5. The predicted molar refractivity (Wildman–Crippen MR) is 73.9 cm³/mol. The first-order chi connectivity index (χ1) is 8.49. The average Bonchev–Trinajstić information content (AvgIpc) is 2.34. The monoisotopic (exact) mass is 247 g/mol. The fraction of sp³-hybridized carbons (Fsp3) is 0.400. The first-order valence-electron chi connectivity index (χ1n) is 6.14. The molecule has 0 radical (unpaired) electrons. The van der Waals surface area contributed by atoms with Gasteiger partial charge in [-0.3, -0.25) is 4.79 Å². The molecule has 0 saturated carbocycles. The van der Waals surface area contributed by atoms with Gasteiger partial charge in [0.2, 0.25) is 0 Å². The summed E-state index contributed by atoms with van der Waals surface area (Å²) in [5.74, 6) is 1.19. The Morgan fingerprint density at radius 1 is 1.33 bits per heavy atom. The van der Waals surface area contributed by atoms with Gasteiger partial charge in [-0.25, -0.2) is 0 Å². The first kappa shape index (κ1) is 14.3. The van der Waals surface area contributed by atoms with Crippen molar-refractivity contribution in [2.45, 2.75) is 20.8 Å². The van der Waals surface area contributed by atoms with Gasteiger partial charge in [-0.05, 0) is 37.1 Å². The molecule has 0 fully saturated rings. The smallest absolute Gasteiger partial charge is 0.251 e. The molecule has 0 aromatic heterocycles. The average molecular weight is 247 g/mol. The Balaban J connectivity index is 2.53. The Bertz CT molecular complexity index is 407. The topological polar surface area (TPSA) is 38.3 Å². The lowest BCUT2D eigenvalue weighted by atomic mass is 10.2. The quantitative estimate of drug-likeness (QED) is 0.785. The molecular formula is C15H21NO2. The number of benzene rings is 1. The van der Waals surface area contributed by atoms with Gasteiger partial charge in [-0.2, -0.15) is 0 Å². The maximum absolute atomic E-state index is 11.7. The lowest BCUT2D eigenvalue weighted by Crippen LogP contribution is -2.24. The van der Waals surface area contributed by atoms with Crippen LogP contribution in [0.4, 0.5) is 0 Å². The van der Waals surface area contributed by atoms with Crippen LogP contribution in [-0.2, 0) is 0 Å². The van der Waals surface area contributed by atoms with Crippen molar-refractivity contribution in [1.29, 1.82) is 0 Å². The first-order valence-corrected chi connectivity index (χ1v) is 6.14. The summed E-state index contributed by atoms with van der Waals surface area (Å²) in [4.78, 5) is 11.7. The molecule has 18 heavy (non-hydrogen) atoms. The third-order valence-electron chi connectivity index (χ3n) is 2.25. The third kappa shape index (κ3) is 5.04. The lowest BCUT2D eigenvalue weighted by Gasteiger charge is -2.09. The minimum atomic E-state index is -0.0894. The summed E-state index contributed by atoms with van der Waals surface area (Å²) in [6, 6.07) is 7.17. The van der Waals surface area contributed by atoms with Crippen LogP contribution < -0.4 is 10.1 Å². The van der Waals surface area contributed by atoms with Crippen LogP contribution in [0.5, 0.6) is 5.75 Å². The number of amides is 1. The van der Waals surface area contributed by atoms with E-state index in [4.69, 9.17) is 4.74 Å². The Labute approximate surface area is 109 Å². The number of hydrogen-bond donors (Lipinski definition) is 1. The third-order valence-corrected chi connectivity index (χ3v) is 2.25. The number of hydrogen-bond acceptors (Lipinski definition) is 2. The Morgan fingerprint density at radius 2 is 1.94 bits per heavy atom. The standard InChI is InChI=1S/C15H21NO2/c1-11(2)9-16-15(17)13-5-7-14(8-6-13)18-10-12(3)4/h5-8,12H,1,9-10H2,2-4H3,(H,16,17). The van der Waals surface area contributed by atoms with Crippen LogP contribution in [0.3, 0.4) is 0 Å². The Hall–Kier alpha value is -1.77. The van der Waals surface area contributed by atoms with Crippen molar-refractivity contribution in [3.05, 3.63) is 42.0 Å². The van der Waals surface area contributed by atoms with Crippen LogP contribution in [0.25, 0.3) is 0 Å². The van der Waals surface area contributed by atoms with Crippen LogP contribution in [0.15, 0.2) is 36.4 Å². The summed E-state index contributed by atoms with van der Waals surface area (Å²) in [6.45, 7) is 11.0. The minimum absolute atomic E-state index is 0.0894. The summed E-state index contributed by atoms with van der Waals surface area (Å²) >= 11 is 0. The molecule has 0 unspecified atom stereocenters. The number of ether oxygens (including phenoxy) is 1. The summed E-state index contributed by atoms with van der Waals surface area (Å²) in [7, 11) is 0. The van der Waals surface area contributed by atoms with Gasteiger partial charge in [-0.15, -0.1) is 0 Å². The van der Waals surface area contributed by atoms with Gasteiger partial charge >= 0.3 is 0 Å². The van der Waals surface area contributed by atoms with Crippen molar-refractivity contribution in [3.63, 3.8) is 0 Å². The van der Waals surface area contributed by atoms with Crippen LogP contribution in [0.1, 0.15) is 31.1 Å². The van der Waals surface area contributed by atoms with Crippen molar-refractivity contribution in [2.75, 3.05) is 13.2 Å². The number of rotatable bonds is 6. The van der Waals surface area contributed by atoms with E-state index in [1.807, 2.05) is 19.1 Å². The predicted octanol–water partition coefficient (Wildman–Crippen LogP) is 3.03. The highest BCUT2D eigenvalue weighted by Gasteiger charge is 2.05. The molecule has 1 rings (SSSR count). The van der Waals surface area contributed by atoms with E-state index in [0.717, 1.165) is 11.3 Å². The van der Waals surface area contributed by atoms with E-state index < -0.39 is 0 Å². The summed E-state index contributed by atoms with van der Waals surface area (Å²) in [6.07, 6.45) is 0. The van der Waals surface area contributed by atoms with Gasteiger partial charge < -0.3 is 10.1 Å². The second-order valence-corrected chi connectivity index (χ2v) is 4.87. The molecule has 0 spiro atoms. The van der Waals surface area contributed by atoms with E-state index in [9.17, 15) is 4.79 Å². The second kappa shape index (κ2) is 6.84. The van der Waals surface area contributed by atoms with E-state index in [1.54, 1.807) is 12.1 Å². The van der Waals surface area contributed by atoms with Crippen molar-refractivity contribution in [1.82, 2.24) is 5.32 Å². The summed E-state index contributed by atoms with van der Waals surface area (Å²) in [5, 5.41) is 2.79. The molecule has 0 bridgehead atoms. The maximum Gasteiger partial charge on any atom is 0.251 e. The van der Waals surface area contributed by atoms with Gasteiger partial charge in [0.15, 0.2) is 0 Å². The molecule has 0 heterocycles. The Kier molecular flexibility index (Phi) is 5.43. The highest BCUT2D eigenvalue weighted by molar-refractivity contribution is 5.94. The van der Waals surface area contributed by atoms with E-state index in [-0.39, 0.29) is 5.91 Å². The minimum Gasteiger partial charge on any atom is -0.493 e. The molecule has 0 atom stereocenters. The van der Waals surface area contributed by atoms with E-state index in [1.165, 1.54) is 0 Å².